The smallest absolute Gasteiger partial charge is 0.317 e. The molecule has 4 amide bonds. The molecule has 3 rings (SSSR count). The Labute approximate surface area is 170 Å². The van der Waals surface area contributed by atoms with Crippen LogP contribution in [0.15, 0.2) is 17.5 Å². The Morgan fingerprint density at radius 2 is 1.79 bits per heavy atom. The molecule has 2 heterocycles. The molecule has 28 heavy (non-hydrogen) atoms. The van der Waals surface area contributed by atoms with Crippen molar-refractivity contribution in [2.24, 2.45) is 0 Å². The Hall–Kier alpha value is -2.09. The summed E-state index contributed by atoms with van der Waals surface area (Å²) in [5, 5.41) is 7.96. The lowest BCUT2D eigenvalue weighted by Crippen LogP contribution is -2.55. The number of thiophene rings is 1. The summed E-state index contributed by atoms with van der Waals surface area (Å²) in [5.74, 6) is -0.130. The van der Waals surface area contributed by atoms with Gasteiger partial charge in [0.05, 0.1) is 12.5 Å². The van der Waals surface area contributed by atoms with E-state index in [0.29, 0.717) is 32.2 Å². The number of piperazine rings is 1. The molecule has 8 heteroatoms. The van der Waals surface area contributed by atoms with E-state index in [9.17, 15) is 14.4 Å². The van der Waals surface area contributed by atoms with E-state index in [2.05, 4.69) is 10.6 Å². The van der Waals surface area contributed by atoms with Gasteiger partial charge in [-0.3, -0.25) is 9.59 Å². The molecule has 1 aliphatic carbocycles. The molecule has 1 aliphatic heterocycles. The second-order valence-electron chi connectivity index (χ2n) is 7.62. The topological polar surface area (TPSA) is 81.8 Å². The number of nitrogens with one attached hydrogen (secondary N) is 2. The first kappa shape index (κ1) is 20.6. The highest BCUT2D eigenvalue weighted by molar-refractivity contribution is 7.10. The van der Waals surface area contributed by atoms with Gasteiger partial charge in [0.2, 0.25) is 11.8 Å². The van der Waals surface area contributed by atoms with Gasteiger partial charge in [0.25, 0.3) is 0 Å². The van der Waals surface area contributed by atoms with Crippen molar-refractivity contribution < 1.29 is 14.4 Å². The molecule has 2 aliphatic rings. The molecule has 0 bridgehead atoms. The molecule has 0 radical (unpaired) electrons. The van der Waals surface area contributed by atoms with Crippen LogP contribution in [0.1, 0.15) is 56.4 Å². The molecule has 1 aromatic rings. The summed E-state index contributed by atoms with van der Waals surface area (Å²) in [4.78, 5) is 41.3. The van der Waals surface area contributed by atoms with Crippen LogP contribution in [0.3, 0.4) is 0 Å². The number of hydrogen-bond acceptors (Lipinski definition) is 4. The lowest BCUT2D eigenvalue weighted by atomic mass is 9.96. The van der Waals surface area contributed by atoms with Crippen molar-refractivity contribution in [2.45, 2.75) is 57.5 Å². The van der Waals surface area contributed by atoms with E-state index in [1.807, 2.05) is 22.4 Å². The number of rotatable bonds is 5. The van der Waals surface area contributed by atoms with Crippen molar-refractivity contribution in [2.75, 3.05) is 26.2 Å². The molecule has 2 fully saturated rings. The van der Waals surface area contributed by atoms with Crippen LogP contribution in [0.4, 0.5) is 4.79 Å². The van der Waals surface area contributed by atoms with Gasteiger partial charge in [-0.1, -0.05) is 25.3 Å². The SMILES string of the molecule is CC(=O)NC(CC(=O)N1CCN(C(=O)NC2CCCCC2)CC1)c1cccs1. The number of hydrogen-bond donors (Lipinski definition) is 2. The minimum atomic E-state index is -0.294. The molecule has 0 spiro atoms. The lowest BCUT2D eigenvalue weighted by molar-refractivity contribution is -0.133. The number of carbonyl (C=O) groups excluding carboxylic acids is 3. The van der Waals surface area contributed by atoms with Crippen LogP contribution in [0.25, 0.3) is 0 Å². The van der Waals surface area contributed by atoms with Gasteiger partial charge in [-0.15, -0.1) is 11.3 Å². The van der Waals surface area contributed by atoms with Gasteiger partial charge in [-0.2, -0.15) is 0 Å². The zero-order valence-corrected chi connectivity index (χ0v) is 17.3. The average molecular weight is 407 g/mol. The van der Waals surface area contributed by atoms with Gasteiger partial charge in [0.15, 0.2) is 0 Å². The van der Waals surface area contributed by atoms with E-state index >= 15 is 0 Å². The van der Waals surface area contributed by atoms with Crippen LogP contribution >= 0.6 is 11.3 Å². The van der Waals surface area contributed by atoms with Crippen LogP contribution in [0.5, 0.6) is 0 Å². The van der Waals surface area contributed by atoms with Gasteiger partial charge < -0.3 is 20.4 Å². The number of carbonyl (C=O) groups is 3. The predicted octanol–water partition coefficient (Wildman–Crippen LogP) is 2.50. The lowest BCUT2D eigenvalue weighted by Gasteiger charge is -2.36. The molecule has 1 aromatic heterocycles. The third-order valence-electron chi connectivity index (χ3n) is 5.50. The zero-order valence-electron chi connectivity index (χ0n) is 16.5. The highest BCUT2D eigenvalue weighted by atomic mass is 32.1. The normalized spacial score (nSPS) is 19.2. The third-order valence-corrected chi connectivity index (χ3v) is 6.48. The minimum Gasteiger partial charge on any atom is -0.348 e. The summed E-state index contributed by atoms with van der Waals surface area (Å²) in [6.07, 6.45) is 6.02. The highest BCUT2D eigenvalue weighted by Gasteiger charge is 2.28. The number of nitrogens with zero attached hydrogens (tertiary/aromatic N) is 2. The number of urea groups is 1. The molecular formula is C20H30N4O3S. The van der Waals surface area contributed by atoms with E-state index in [4.69, 9.17) is 0 Å². The quantitative estimate of drug-likeness (QED) is 0.788. The Balaban J connectivity index is 1.47. The largest absolute Gasteiger partial charge is 0.348 e. The molecule has 0 aromatic carbocycles. The Morgan fingerprint density at radius 1 is 1.11 bits per heavy atom. The molecule has 1 saturated heterocycles. The second-order valence-corrected chi connectivity index (χ2v) is 8.60. The summed E-state index contributed by atoms with van der Waals surface area (Å²) in [6.45, 7) is 3.64. The standard InChI is InChI=1S/C20H30N4O3S/c1-15(25)21-17(18-8-5-13-28-18)14-19(26)23-9-11-24(12-10-23)20(27)22-16-6-3-2-4-7-16/h5,8,13,16-17H,2-4,6-7,9-12,14H2,1H3,(H,21,25)(H,22,27). The summed E-state index contributed by atoms with van der Waals surface area (Å²) in [5.41, 5.74) is 0. The van der Waals surface area contributed by atoms with Crippen molar-refractivity contribution in [3.8, 4) is 0 Å². The van der Waals surface area contributed by atoms with Crippen molar-refractivity contribution >= 4 is 29.2 Å². The molecule has 1 atom stereocenters. The summed E-state index contributed by atoms with van der Waals surface area (Å²) in [6, 6.07) is 3.85. The van der Waals surface area contributed by atoms with Gasteiger partial charge in [-0.25, -0.2) is 4.79 Å². The van der Waals surface area contributed by atoms with Gasteiger partial charge in [-0.05, 0) is 24.3 Å². The Kier molecular flexibility index (Phi) is 7.30. The first-order valence-electron chi connectivity index (χ1n) is 10.2. The molecule has 1 unspecified atom stereocenters. The maximum absolute atomic E-state index is 12.7. The van der Waals surface area contributed by atoms with Gasteiger partial charge in [0.1, 0.15) is 0 Å². The fourth-order valence-corrected chi connectivity index (χ4v) is 4.71. The van der Waals surface area contributed by atoms with E-state index in [-0.39, 0.29) is 30.3 Å². The van der Waals surface area contributed by atoms with E-state index in [1.54, 1.807) is 4.90 Å². The number of amides is 4. The van der Waals surface area contributed by atoms with Gasteiger partial charge in [0, 0.05) is 44.0 Å². The first-order chi connectivity index (χ1) is 13.5. The zero-order chi connectivity index (χ0) is 19.9. The summed E-state index contributed by atoms with van der Waals surface area (Å²) in [7, 11) is 0. The van der Waals surface area contributed by atoms with E-state index < -0.39 is 0 Å². The van der Waals surface area contributed by atoms with Crippen molar-refractivity contribution in [1.29, 1.82) is 0 Å². The molecule has 7 nitrogen and oxygen atoms in total. The molecule has 154 valence electrons. The summed E-state index contributed by atoms with van der Waals surface area (Å²) >= 11 is 1.54. The van der Waals surface area contributed by atoms with Crippen LogP contribution in [-0.4, -0.2) is 59.9 Å². The van der Waals surface area contributed by atoms with E-state index in [0.717, 1.165) is 17.7 Å². The fraction of sp³-hybridized carbons (Fsp3) is 0.650. The maximum atomic E-state index is 12.7. The maximum Gasteiger partial charge on any atom is 0.317 e. The monoisotopic (exact) mass is 406 g/mol. The van der Waals surface area contributed by atoms with Gasteiger partial charge >= 0.3 is 6.03 Å². The van der Waals surface area contributed by atoms with Crippen molar-refractivity contribution in [3.05, 3.63) is 22.4 Å². The van der Waals surface area contributed by atoms with Crippen LogP contribution < -0.4 is 10.6 Å². The fourth-order valence-electron chi connectivity index (χ4n) is 3.93. The van der Waals surface area contributed by atoms with Crippen molar-refractivity contribution in [1.82, 2.24) is 20.4 Å². The average Bonchev–Trinajstić information content (AvgIpc) is 3.23. The Morgan fingerprint density at radius 3 is 2.39 bits per heavy atom. The third kappa shape index (κ3) is 5.70. The molecule has 1 saturated carbocycles. The highest BCUT2D eigenvalue weighted by Crippen LogP contribution is 2.23. The van der Waals surface area contributed by atoms with Crippen molar-refractivity contribution in [3.63, 3.8) is 0 Å². The molecular weight excluding hydrogens is 376 g/mol. The molecule has 2 N–H and O–H groups in total. The Bertz CT molecular complexity index is 665. The second kappa shape index (κ2) is 9.91. The van der Waals surface area contributed by atoms with Crippen LogP contribution in [0.2, 0.25) is 0 Å². The first-order valence-corrected chi connectivity index (χ1v) is 11.0. The van der Waals surface area contributed by atoms with Crippen LogP contribution in [0, 0.1) is 0 Å². The van der Waals surface area contributed by atoms with Crippen LogP contribution in [-0.2, 0) is 9.59 Å². The van der Waals surface area contributed by atoms with E-state index in [1.165, 1.54) is 37.5 Å². The minimum absolute atomic E-state index is 0.00583. The summed E-state index contributed by atoms with van der Waals surface area (Å²) < 4.78 is 0. The predicted molar refractivity (Wildman–Crippen MR) is 109 cm³/mol.